The Labute approximate surface area is 110 Å². The molecule has 2 rings (SSSR count). The van der Waals surface area contributed by atoms with Crippen LogP contribution >= 0.6 is 15.9 Å². The fraction of sp³-hybridized carbons (Fsp3) is 0. The van der Waals surface area contributed by atoms with E-state index in [0.29, 0.717) is 0 Å². The predicted molar refractivity (Wildman–Crippen MR) is 66.2 cm³/mol. The normalized spacial score (nSPS) is 10.2. The summed E-state index contributed by atoms with van der Waals surface area (Å²) in [4.78, 5) is 15.3. The molecule has 0 aliphatic rings. The lowest BCUT2D eigenvalue weighted by Gasteiger charge is -2.06. The number of rotatable bonds is 2. The first-order chi connectivity index (χ1) is 8.58. The van der Waals surface area contributed by atoms with Crippen molar-refractivity contribution in [1.29, 1.82) is 0 Å². The third-order valence-electron chi connectivity index (χ3n) is 2.20. The highest BCUT2D eigenvalue weighted by Gasteiger charge is 2.11. The highest BCUT2D eigenvalue weighted by molar-refractivity contribution is 9.10. The van der Waals surface area contributed by atoms with Crippen molar-refractivity contribution >= 4 is 27.5 Å². The Morgan fingerprint density at radius 1 is 1.22 bits per heavy atom. The van der Waals surface area contributed by atoms with Gasteiger partial charge in [0.15, 0.2) is 5.82 Å². The zero-order chi connectivity index (χ0) is 13.1. The SMILES string of the molecule is O=C(Nc1ccncc1F)c1ccc(Br)c(F)c1. The molecule has 1 aromatic heterocycles. The first-order valence-electron chi connectivity index (χ1n) is 4.94. The topological polar surface area (TPSA) is 42.0 Å². The molecule has 18 heavy (non-hydrogen) atoms. The van der Waals surface area contributed by atoms with Crippen LogP contribution in [-0.4, -0.2) is 10.9 Å². The fourth-order valence-electron chi connectivity index (χ4n) is 1.31. The number of halogens is 3. The van der Waals surface area contributed by atoms with Gasteiger partial charge in [-0.25, -0.2) is 8.78 Å². The van der Waals surface area contributed by atoms with Gasteiger partial charge in [-0.05, 0) is 40.2 Å². The summed E-state index contributed by atoms with van der Waals surface area (Å²) in [7, 11) is 0. The van der Waals surface area contributed by atoms with Crippen LogP contribution < -0.4 is 5.32 Å². The Balaban J connectivity index is 2.22. The highest BCUT2D eigenvalue weighted by atomic mass is 79.9. The van der Waals surface area contributed by atoms with E-state index in [1.807, 2.05) is 0 Å². The second-order valence-electron chi connectivity index (χ2n) is 3.44. The number of hydrogen-bond acceptors (Lipinski definition) is 2. The monoisotopic (exact) mass is 312 g/mol. The predicted octanol–water partition coefficient (Wildman–Crippen LogP) is 3.37. The summed E-state index contributed by atoms with van der Waals surface area (Å²) in [5, 5.41) is 2.34. The molecule has 0 unspecified atom stereocenters. The summed E-state index contributed by atoms with van der Waals surface area (Å²) in [6, 6.07) is 5.23. The Kier molecular flexibility index (Phi) is 3.66. The Bertz CT molecular complexity index is 604. The van der Waals surface area contributed by atoms with Crippen LogP contribution in [0.3, 0.4) is 0 Å². The second kappa shape index (κ2) is 5.22. The molecule has 3 nitrogen and oxygen atoms in total. The number of amides is 1. The van der Waals surface area contributed by atoms with Gasteiger partial charge in [-0.15, -0.1) is 0 Å². The van der Waals surface area contributed by atoms with E-state index in [4.69, 9.17) is 0 Å². The van der Waals surface area contributed by atoms with E-state index < -0.39 is 17.5 Å². The molecular formula is C12H7BrF2N2O. The largest absolute Gasteiger partial charge is 0.319 e. The maximum atomic E-state index is 13.3. The molecule has 1 aromatic carbocycles. The Morgan fingerprint density at radius 3 is 2.67 bits per heavy atom. The smallest absolute Gasteiger partial charge is 0.255 e. The average molecular weight is 313 g/mol. The van der Waals surface area contributed by atoms with E-state index in [0.717, 1.165) is 12.3 Å². The lowest BCUT2D eigenvalue weighted by atomic mass is 10.2. The lowest BCUT2D eigenvalue weighted by Crippen LogP contribution is -2.13. The fourth-order valence-corrected chi connectivity index (χ4v) is 1.56. The van der Waals surface area contributed by atoms with E-state index in [-0.39, 0.29) is 15.7 Å². The van der Waals surface area contributed by atoms with Crippen molar-refractivity contribution in [1.82, 2.24) is 4.98 Å². The van der Waals surface area contributed by atoms with Crippen LogP contribution in [0.2, 0.25) is 0 Å². The minimum atomic E-state index is -0.650. The molecule has 1 N–H and O–H groups in total. The Hall–Kier alpha value is -1.82. The molecule has 6 heteroatoms. The number of pyridine rings is 1. The summed E-state index contributed by atoms with van der Waals surface area (Å²) in [6.45, 7) is 0. The maximum Gasteiger partial charge on any atom is 0.255 e. The van der Waals surface area contributed by atoms with Gasteiger partial charge in [-0.1, -0.05) is 0 Å². The average Bonchev–Trinajstić information content (AvgIpc) is 2.35. The maximum absolute atomic E-state index is 13.3. The van der Waals surface area contributed by atoms with E-state index in [2.05, 4.69) is 26.2 Å². The molecule has 0 aliphatic carbocycles. The van der Waals surface area contributed by atoms with E-state index in [1.165, 1.54) is 24.4 Å². The third-order valence-corrected chi connectivity index (χ3v) is 2.85. The number of carbonyl (C=O) groups excluding carboxylic acids is 1. The zero-order valence-corrected chi connectivity index (χ0v) is 10.5. The number of aromatic nitrogens is 1. The molecular weight excluding hydrogens is 306 g/mol. The molecule has 2 aromatic rings. The molecule has 92 valence electrons. The number of hydrogen-bond donors (Lipinski definition) is 1. The molecule has 0 atom stereocenters. The summed E-state index contributed by atoms with van der Waals surface area (Å²) in [5.74, 6) is -1.80. The number of nitrogens with zero attached hydrogens (tertiary/aromatic N) is 1. The van der Waals surface area contributed by atoms with E-state index in [9.17, 15) is 13.6 Å². The number of benzene rings is 1. The highest BCUT2D eigenvalue weighted by Crippen LogP contribution is 2.18. The van der Waals surface area contributed by atoms with Crippen LogP contribution in [-0.2, 0) is 0 Å². The van der Waals surface area contributed by atoms with Crippen LogP contribution in [0, 0.1) is 11.6 Å². The van der Waals surface area contributed by atoms with Crippen molar-refractivity contribution in [3.8, 4) is 0 Å². The van der Waals surface area contributed by atoms with Crippen molar-refractivity contribution in [3.63, 3.8) is 0 Å². The molecule has 0 bridgehead atoms. The summed E-state index contributed by atoms with van der Waals surface area (Å²) >= 11 is 2.98. The molecule has 0 saturated heterocycles. The van der Waals surface area contributed by atoms with Crippen molar-refractivity contribution < 1.29 is 13.6 Å². The minimum Gasteiger partial charge on any atom is -0.319 e. The van der Waals surface area contributed by atoms with Gasteiger partial charge in [0, 0.05) is 11.8 Å². The van der Waals surface area contributed by atoms with Crippen LogP contribution in [0.1, 0.15) is 10.4 Å². The van der Waals surface area contributed by atoms with Gasteiger partial charge in [0.1, 0.15) is 5.82 Å². The molecule has 1 amide bonds. The van der Waals surface area contributed by atoms with E-state index in [1.54, 1.807) is 0 Å². The first-order valence-corrected chi connectivity index (χ1v) is 5.73. The molecule has 0 saturated carbocycles. The van der Waals surface area contributed by atoms with Crippen LogP contribution in [0.4, 0.5) is 14.5 Å². The van der Waals surface area contributed by atoms with Crippen molar-refractivity contribution in [2.24, 2.45) is 0 Å². The third kappa shape index (κ3) is 2.70. The van der Waals surface area contributed by atoms with Crippen LogP contribution in [0.25, 0.3) is 0 Å². The van der Waals surface area contributed by atoms with Crippen molar-refractivity contribution in [2.45, 2.75) is 0 Å². The molecule has 0 spiro atoms. The van der Waals surface area contributed by atoms with Gasteiger partial charge in [-0.3, -0.25) is 9.78 Å². The number of carbonyl (C=O) groups is 1. The Morgan fingerprint density at radius 2 is 2.00 bits per heavy atom. The quantitative estimate of drug-likeness (QED) is 0.923. The summed E-state index contributed by atoms with van der Waals surface area (Å²) in [5.41, 5.74) is 0.102. The van der Waals surface area contributed by atoms with Crippen LogP contribution in [0.15, 0.2) is 41.1 Å². The van der Waals surface area contributed by atoms with Gasteiger partial charge in [0.2, 0.25) is 0 Å². The number of anilines is 1. The van der Waals surface area contributed by atoms with E-state index >= 15 is 0 Å². The van der Waals surface area contributed by atoms with Crippen LogP contribution in [0.5, 0.6) is 0 Å². The van der Waals surface area contributed by atoms with Gasteiger partial charge < -0.3 is 5.32 Å². The minimum absolute atomic E-state index is 0.00155. The second-order valence-corrected chi connectivity index (χ2v) is 4.29. The van der Waals surface area contributed by atoms with Crippen molar-refractivity contribution in [2.75, 3.05) is 5.32 Å². The van der Waals surface area contributed by atoms with Gasteiger partial charge in [0.05, 0.1) is 16.4 Å². The molecule has 1 heterocycles. The zero-order valence-electron chi connectivity index (χ0n) is 8.95. The summed E-state index contributed by atoms with van der Waals surface area (Å²) in [6.07, 6.45) is 2.33. The van der Waals surface area contributed by atoms with Gasteiger partial charge >= 0.3 is 0 Å². The summed E-state index contributed by atoms with van der Waals surface area (Å²) < 4.78 is 26.8. The molecule has 0 aliphatic heterocycles. The molecule has 0 radical (unpaired) electrons. The van der Waals surface area contributed by atoms with Gasteiger partial charge in [-0.2, -0.15) is 0 Å². The standard InChI is InChI=1S/C12H7BrF2N2O/c13-8-2-1-7(5-9(8)14)12(18)17-11-3-4-16-6-10(11)15/h1-6H,(H,16,17,18). The van der Waals surface area contributed by atoms with Crippen molar-refractivity contribution in [3.05, 3.63) is 58.3 Å². The van der Waals surface area contributed by atoms with Gasteiger partial charge in [0.25, 0.3) is 5.91 Å². The number of nitrogens with one attached hydrogen (secondary N) is 1. The first kappa shape index (κ1) is 12.6. The molecule has 0 fully saturated rings. The lowest BCUT2D eigenvalue weighted by molar-refractivity contribution is 0.102.